The molecule has 1 unspecified atom stereocenters. The Bertz CT molecular complexity index is 1090. The molecule has 0 saturated carbocycles. The van der Waals surface area contributed by atoms with Crippen LogP contribution in [-0.4, -0.2) is 39.1 Å². The van der Waals surface area contributed by atoms with Crippen LogP contribution in [0.5, 0.6) is 0 Å². The molecular formula is C26H32N2O3SSi. The van der Waals surface area contributed by atoms with Gasteiger partial charge < -0.3 is 4.43 Å². The second-order valence-corrected chi connectivity index (χ2v) is 15.4. The van der Waals surface area contributed by atoms with E-state index >= 15 is 0 Å². The van der Waals surface area contributed by atoms with Crippen molar-refractivity contribution in [1.82, 2.24) is 9.97 Å². The van der Waals surface area contributed by atoms with Crippen molar-refractivity contribution in [3.8, 4) is 0 Å². The van der Waals surface area contributed by atoms with Crippen molar-refractivity contribution < 1.29 is 12.8 Å². The van der Waals surface area contributed by atoms with Gasteiger partial charge in [0.15, 0.2) is 0 Å². The van der Waals surface area contributed by atoms with Crippen LogP contribution in [0.1, 0.15) is 27.2 Å². The molecular weight excluding hydrogens is 448 g/mol. The molecule has 0 fully saturated rings. The van der Waals surface area contributed by atoms with Crippen LogP contribution in [0.2, 0.25) is 5.04 Å². The number of benzene rings is 2. The normalized spacial score (nSPS) is 13.4. The predicted octanol–water partition coefficient (Wildman–Crippen LogP) is 4.02. The zero-order chi connectivity index (χ0) is 24.0. The zero-order valence-corrected chi connectivity index (χ0v) is 21.3. The van der Waals surface area contributed by atoms with E-state index in [1.807, 2.05) is 36.4 Å². The third-order valence-electron chi connectivity index (χ3n) is 5.84. The van der Waals surface area contributed by atoms with Gasteiger partial charge in [-0.3, -0.25) is 0 Å². The fourth-order valence-corrected chi connectivity index (χ4v) is 9.96. The minimum atomic E-state index is -3.57. The van der Waals surface area contributed by atoms with E-state index in [-0.39, 0.29) is 21.9 Å². The van der Waals surface area contributed by atoms with Crippen LogP contribution in [0, 0.1) is 5.92 Å². The van der Waals surface area contributed by atoms with E-state index in [4.69, 9.17) is 4.43 Å². The van der Waals surface area contributed by atoms with Gasteiger partial charge in [-0.15, -0.1) is 6.58 Å². The average molecular weight is 481 g/mol. The van der Waals surface area contributed by atoms with Crippen molar-refractivity contribution in [2.24, 2.45) is 5.92 Å². The maximum absolute atomic E-state index is 12.7. The molecule has 33 heavy (non-hydrogen) atoms. The number of sulfone groups is 1. The zero-order valence-electron chi connectivity index (χ0n) is 19.5. The van der Waals surface area contributed by atoms with Crippen LogP contribution >= 0.6 is 0 Å². The van der Waals surface area contributed by atoms with Gasteiger partial charge in [-0.1, -0.05) is 87.5 Å². The highest BCUT2D eigenvalue weighted by atomic mass is 32.2. The minimum Gasteiger partial charge on any atom is -0.407 e. The molecule has 3 rings (SSSR count). The Morgan fingerprint density at radius 3 is 1.91 bits per heavy atom. The van der Waals surface area contributed by atoms with Gasteiger partial charge in [-0.05, 0) is 33.8 Å². The largest absolute Gasteiger partial charge is 0.407 e. The summed E-state index contributed by atoms with van der Waals surface area (Å²) in [6.45, 7) is 11.0. The summed E-state index contributed by atoms with van der Waals surface area (Å²) < 4.78 is 32.3. The SMILES string of the molecule is C=CC(CCS(=O)(=O)c1ncccn1)CO[Si](c1ccccc1)(c1ccccc1)C(C)(C)C. The van der Waals surface area contributed by atoms with E-state index in [9.17, 15) is 8.42 Å². The summed E-state index contributed by atoms with van der Waals surface area (Å²) in [7, 11) is -6.26. The molecule has 0 amide bonds. The molecule has 5 nitrogen and oxygen atoms in total. The maximum Gasteiger partial charge on any atom is 0.261 e. The van der Waals surface area contributed by atoms with Gasteiger partial charge in [0.1, 0.15) is 0 Å². The molecule has 0 aliphatic heterocycles. The van der Waals surface area contributed by atoms with Crippen LogP contribution in [-0.2, 0) is 14.3 Å². The highest BCUT2D eigenvalue weighted by molar-refractivity contribution is 7.91. The first-order valence-electron chi connectivity index (χ1n) is 11.1. The lowest BCUT2D eigenvalue weighted by molar-refractivity contribution is 0.257. The molecule has 0 saturated heterocycles. The van der Waals surface area contributed by atoms with Gasteiger partial charge in [-0.25, -0.2) is 18.4 Å². The Balaban J connectivity index is 1.88. The molecule has 1 heterocycles. The fourth-order valence-electron chi connectivity index (χ4n) is 4.11. The number of hydrogen-bond acceptors (Lipinski definition) is 5. The Morgan fingerprint density at radius 1 is 0.939 bits per heavy atom. The Morgan fingerprint density at radius 2 is 1.45 bits per heavy atom. The van der Waals surface area contributed by atoms with E-state index in [0.717, 1.165) is 0 Å². The van der Waals surface area contributed by atoms with Gasteiger partial charge in [0.2, 0.25) is 15.0 Å². The van der Waals surface area contributed by atoms with Crippen LogP contribution in [0.15, 0.2) is 96.9 Å². The van der Waals surface area contributed by atoms with Gasteiger partial charge >= 0.3 is 0 Å². The lowest BCUT2D eigenvalue weighted by atomic mass is 10.1. The van der Waals surface area contributed by atoms with E-state index < -0.39 is 18.2 Å². The Labute approximate surface area is 198 Å². The third kappa shape index (κ3) is 5.66. The van der Waals surface area contributed by atoms with E-state index in [2.05, 4.69) is 61.6 Å². The van der Waals surface area contributed by atoms with E-state index in [1.54, 1.807) is 12.1 Å². The highest BCUT2D eigenvalue weighted by Gasteiger charge is 2.50. The summed E-state index contributed by atoms with van der Waals surface area (Å²) in [6, 6.07) is 22.4. The number of nitrogens with zero attached hydrogens (tertiary/aromatic N) is 2. The molecule has 1 atom stereocenters. The molecule has 0 N–H and O–H groups in total. The summed E-state index contributed by atoms with van der Waals surface area (Å²) in [5.41, 5.74) is 0. The molecule has 0 spiro atoms. The van der Waals surface area contributed by atoms with E-state index in [1.165, 1.54) is 22.8 Å². The van der Waals surface area contributed by atoms with Crippen molar-refractivity contribution in [1.29, 1.82) is 0 Å². The molecule has 1 aromatic heterocycles. The molecule has 0 radical (unpaired) electrons. The monoisotopic (exact) mass is 480 g/mol. The first-order valence-corrected chi connectivity index (χ1v) is 14.6. The van der Waals surface area contributed by atoms with Crippen LogP contribution in [0.25, 0.3) is 0 Å². The van der Waals surface area contributed by atoms with Crippen molar-refractivity contribution in [3.63, 3.8) is 0 Å². The summed E-state index contributed by atoms with van der Waals surface area (Å²) >= 11 is 0. The summed E-state index contributed by atoms with van der Waals surface area (Å²) in [5, 5.41) is 2.10. The maximum atomic E-state index is 12.7. The average Bonchev–Trinajstić information content (AvgIpc) is 2.82. The summed E-state index contributed by atoms with van der Waals surface area (Å²) in [5.74, 6) is -0.178. The van der Waals surface area contributed by atoms with Crippen molar-refractivity contribution in [2.45, 2.75) is 37.4 Å². The molecule has 2 aromatic carbocycles. The smallest absolute Gasteiger partial charge is 0.261 e. The fraction of sp³-hybridized carbons (Fsp3) is 0.308. The standard InChI is InChI=1S/C26H32N2O3SSi/c1-5-22(17-20-32(29,30)25-27-18-12-19-28-25)21-31-33(26(2,3)4,23-13-8-6-9-14-23)24-15-10-7-11-16-24/h5-16,18-19,22H,1,17,20-21H2,2-4H3. The first-order chi connectivity index (χ1) is 15.7. The molecule has 7 heteroatoms. The third-order valence-corrected chi connectivity index (χ3v) is 12.4. The van der Waals surface area contributed by atoms with Crippen molar-refractivity contribution in [2.75, 3.05) is 12.4 Å². The van der Waals surface area contributed by atoms with Crippen LogP contribution < -0.4 is 10.4 Å². The van der Waals surface area contributed by atoms with Crippen molar-refractivity contribution in [3.05, 3.63) is 91.8 Å². The Hall–Kier alpha value is -2.61. The lowest BCUT2D eigenvalue weighted by Gasteiger charge is -2.43. The Kier molecular flexibility index (Phi) is 7.99. The van der Waals surface area contributed by atoms with Gasteiger partial charge in [0.25, 0.3) is 8.32 Å². The van der Waals surface area contributed by atoms with Crippen LogP contribution in [0.4, 0.5) is 0 Å². The number of rotatable bonds is 10. The molecule has 174 valence electrons. The second-order valence-electron chi connectivity index (χ2n) is 9.11. The number of hydrogen-bond donors (Lipinski definition) is 0. The molecule has 0 aliphatic rings. The number of aromatic nitrogens is 2. The highest BCUT2D eigenvalue weighted by Crippen LogP contribution is 2.37. The molecule has 0 aliphatic carbocycles. The summed E-state index contributed by atoms with van der Waals surface area (Å²) in [4.78, 5) is 7.80. The second kappa shape index (κ2) is 10.5. The predicted molar refractivity (Wildman–Crippen MR) is 136 cm³/mol. The first kappa shape index (κ1) is 25.0. The topological polar surface area (TPSA) is 69.2 Å². The van der Waals surface area contributed by atoms with Crippen LogP contribution in [0.3, 0.4) is 0 Å². The van der Waals surface area contributed by atoms with Gasteiger partial charge in [-0.2, -0.15) is 0 Å². The minimum absolute atomic E-state index is 0.0577. The summed E-state index contributed by atoms with van der Waals surface area (Å²) in [6.07, 6.45) is 5.06. The molecule has 3 aromatic rings. The van der Waals surface area contributed by atoms with E-state index in [0.29, 0.717) is 13.0 Å². The van der Waals surface area contributed by atoms with Gasteiger partial charge in [0, 0.05) is 19.0 Å². The lowest BCUT2D eigenvalue weighted by Crippen LogP contribution is -2.66. The quantitative estimate of drug-likeness (QED) is 0.249. The van der Waals surface area contributed by atoms with Gasteiger partial charge in [0.05, 0.1) is 5.75 Å². The van der Waals surface area contributed by atoms with Crippen molar-refractivity contribution >= 4 is 28.5 Å². The molecule has 0 bridgehead atoms.